The van der Waals surface area contributed by atoms with Crippen molar-refractivity contribution in [2.45, 2.75) is 26.2 Å². The Morgan fingerprint density at radius 1 is 1.53 bits per heavy atom. The molecule has 0 spiro atoms. The lowest BCUT2D eigenvalue weighted by Crippen LogP contribution is -2.30. The van der Waals surface area contributed by atoms with Gasteiger partial charge in [-0.05, 0) is 6.42 Å². The molecular formula is C13H22N4O2. The minimum Gasteiger partial charge on any atom is -0.396 e. The summed E-state index contributed by atoms with van der Waals surface area (Å²) in [5.41, 5.74) is 6.38. The van der Waals surface area contributed by atoms with Crippen LogP contribution in [0.5, 0.6) is 0 Å². The third-order valence-electron chi connectivity index (χ3n) is 2.74. The zero-order valence-corrected chi connectivity index (χ0v) is 12.0. The molecule has 6 heteroatoms. The van der Waals surface area contributed by atoms with Crippen molar-refractivity contribution in [2.75, 3.05) is 33.0 Å². The number of aromatic nitrogens is 2. The molecule has 0 saturated heterocycles. The Hall–Kier alpha value is -1.69. The zero-order valence-electron chi connectivity index (χ0n) is 12.0. The number of ether oxygens (including phenoxy) is 1. The first-order chi connectivity index (χ1) is 8.97. The van der Waals surface area contributed by atoms with Crippen molar-refractivity contribution in [2.24, 2.45) is 0 Å². The summed E-state index contributed by atoms with van der Waals surface area (Å²) in [5.74, 6) is 0.603. The highest BCUT2D eigenvalue weighted by Crippen LogP contribution is 2.15. The van der Waals surface area contributed by atoms with Gasteiger partial charge in [0.25, 0.3) is 5.91 Å². The Balaban J connectivity index is 2.83. The molecule has 0 saturated carbocycles. The number of amides is 1. The molecule has 0 aliphatic heterocycles. The van der Waals surface area contributed by atoms with Crippen molar-refractivity contribution in [1.82, 2.24) is 14.9 Å². The number of methoxy groups -OCH3 is 1. The van der Waals surface area contributed by atoms with Gasteiger partial charge in [0.2, 0.25) is 0 Å². The maximum Gasteiger partial charge on any atom is 0.274 e. The first-order valence-electron chi connectivity index (χ1n) is 6.34. The number of nitrogens with zero attached hydrogens (tertiary/aromatic N) is 3. The molecule has 0 bridgehead atoms. The average molecular weight is 266 g/mol. The zero-order chi connectivity index (χ0) is 14.4. The topological polar surface area (TPSA) is 81.3 Å². The first kappa shape index (κ1) is 15.4. The molecule has 0 aliphatic rings. The molecule has 1 amide bonds. The monoisotopic (exact) mass is 266 g/mol. The largest absolute Gasteiger partial charge is 0.396 e. The van der Waals surface area contributed by atoms with E-state index in [0.717, 1.165) is 6.42 Å². The van der Waals surface area contributed by atoms with E-state index in [2.05, 4.69) is 9.97 Å². The Morgan fingerprint density at radius 3 is 2.79 bits per heavy atom. The van der Waals surface area contributed by atoms with Crippen LogP contribution in [0.15, 0.2) is 6.20 Å². The molecule has 1 aromatic rings. The Bertz CT molecular complexity index is 435. The molecule has 1 aromatic heterocycles. The van der Waals surface area contributed by atoms with E-state index in [-0.39, 0.29) is 17.5 Å². The van der Waals surface area contributed by atoms with Gasteiger partial charge in [-0.25, -0.2) is 9.97 Å². The van der Waals surface area contributed by atoms with Crippen molar-refractivity contribution < 1.29 is 9.53 Å². The summed E-state index contributed by atoms with van der Waals surface area (Å²) in [5, 5.41) is 0. The lowest BCUT2D eigenvalue weighted by Gasteiger charge is -2.18. The molecule has 6 nitrogen and oxygen atoms in total. The van der Waals surface area contributed by atoms with Crippen LogP contribution in [0.3, 0.4) is 0 Å². The summed E-state index contributed by atoms with van der Waals surface area (Å²) in [6, 6.07) is 0. The highest BCUT2D eigenvalue weighted by atomic mass is 16.5. The highest BCUT2D eigenvalue weighted by Gasteiger charge is 2.18. The van der Waals surface area contributed by atoms with Gasteiger partial charge in [0.05, 0.1) is 11.9 Å². The molecule has 1 rings (SSSR count). The SMILES string of the molecule is COCCCN(C)C(=O)c1nc(C(C)C)ncc1N. The van der Waals surface area contributed by atoms with Crippen LogP contribution < -0.4 is 5.73 Å². The molecule has 0 fully saturated rings. The Labute approximate surface area is 114 Å². The molecule has 1 heterocycles. The first-order valence-corrected chi connectivity index (χ1v) is 6.34. The Kier molecular flexibility index (Phi) is 5.69. The highest BCUT2D eigenvalue weighted by molar-refractivity contribution is 5.96. The summed E-state index contributed by atoms with van der Waals surface area (Å²) < 4.78 is 4.96. The fourth-order valence-electron chi connectivity index (χ4n) is 1.58. The second-order valence-electron chi connectivity index (χ2n) is 4.76. The maximum atomic E-state index is 12.2. The molecule has 0 aromatic carbocycles. The molecule has 0 atom stereocenters. The molecular weight excluding hydrogens is 244 g/mol. The minimum atomic E-state index is -0.182. The van der Waals surface area contributed by atoms with Gasteiger partial charge in [-0.1, -0.05) is 13.8 Å². The van der Waals surface area contributed by atoms with Gasteiger partial charge in [0.1, 0.15) is 5.82 Å². The second-order valence-corrected chi connectivity index (χ2v) is 4.76. The third-order valence-corrected chi connectivity index (χ3v) is 2.74. The van der Waals surface area contributed by atoms with Gasteiger partial charge in [-0.3, -0.25) is 4.79 Å². The number of nitrogen functional groups attached to an aromatic ring is 1. The van der Waals surface area contributed by atoms with E-state index in [1.807, 2.05) is 13.8 Å². The van der Waals surface area contributed by atoms with Gasteiger partial charge in [-0.2, -0.15) is 0 Å². The number of carbonyl (C=O) groups is 1. The van der Waals surface area contributed by atoms with Crippen molar-refractivity contribution in [1.29, 1.82) is 0 Å². The van der Waals surface area contributed by atoms with E-state index >= 15 is 0 Å². The lowest BCUT2D eigenvalue weighted by atomic mass is 10.2. The van der Waals surface area contributed by atoms with Gasteiger partial charge in [-0.15, -0.1) is 0 Å². The summed E-state index contributed by atoms with van der Waals surface area (Å²) in [7, 11) is 3.37. The summed E-state index contributed by atoms with van der Waals surface area (Å²) in [6.07, 6.45) is 2.28. The quantitative estimate of drug-likeness (QED) is 0.785. The predicted octanol–water partition coefficient (Wildman–Crippen LogP) is 1.29. The van der Waals surface area contributed by atoms with Gasteiger partial charge in [0, 0.05) is 33.2 Å². The Morgan fingerprint density at radius 2 is 2.21 bits per heavy atom. The van der Waals surface area contributed by atoms with Gasteiger partial charge in [0.15, 0.2) is 5.69 Å². The van der Waals surface area contributed by atoms with Crippen LogP contribution >= 0.6 is 0 Å². The smallest absolute Gasteiger partial charge is 0.274 e. The van der Waals surface area contributed by atoms with Gasteiger partial charge >= 0.3 is 0 Å². The number of anilines is 1. The average Bonchev–Trinajstić information content (AvgIpc) is 2.38. The summed E-state index contributed by atoms with van der Waals surface area (Å²) in [4.78, 5) is 22.2. The normalized spacial score (nSPS) is 10.8. The predicted molar refractivity (Wildman–Crippen MR) is 74.0 cm³/mol. The van der Waals surface area contributed by atoms with E-state index in [1.54, 1.807) is 19.1 Å². The van der Waals surface area contributed by atoms with Crippen LogP contribution in [0.1, 0.15) is 42.5 Å². The molecule has 2 N–H and O–H groups in total. The fourth-order valence-corrected chi connectivity index (χ4v) is 1.58. The summed E-state index contributed by atoms with van der Waals surface area (Å²) >= 11 is 0. The van der Waals surface area contributed by atoms with Gasteiger partial charge < -0.3 is 15.4 Å². The van der Waals surface area contributed by atoms with Crippen LogP contribution in [0.25, 0.3) is 0 Å². The van der Waals surface area contributed by atoms with Crippen molar-refractivity contribution in [3.8, 4) is 0 Å². The van der Waals surface area contributed by atoms with Crippen LogP contribution in [0.2, 0.25) is 0 Å². The molecule has 0 radical (unpaired) electrons. The molecule has 106 valence electrons. The number of rotatable bonds is 6. The third kappa shape index (κ3) is 4.17. The van der Waals surface area contributed by atoms with Crippen LogP contribution in [-0.4, -0.2) is 48.1 Å². The van der Waals surface area contributed by atoms with Crippen LogP contribution in [0, 0.1) is 0 Å². The van der Waals surface area contributed by atoms with E-state index in [0.29, 0.717) is 24.7 Å². The molecule has 0 unspecified atom stereocenters. The maximum absolute atomic E-state index is 12.2. The van der Waals surface area contributed by atoms with E-state index in [4.69, 9.17) is 10.5 Å². The fraction of sp³-hybridized carbons (Fsp3) is 0.615. The van der Waals surface area contributed by atoms with Crippen LogP contribution in [0.4, 0.5) is 5.69 Å². The molecule has 19 heavy (non-hydrogen) atoms. The second kappa shape index (κ2) is 7.04. The molecule has 0 aliphatic carbocycles. The van der Waals surface area contributed by atoms with Crippen molar-refractivity contribution in [3.63, 3.8) is 0 Å². The van der Waals surface area contributed by atoms with Crippen molar-refractivity contribution >= 4 is 11.6 Å². The lowest BCUT2D eigenvalue weighted by molar-refractivity contribution is 0.0774. The van der Waals surface area contributed by atoms with E-state index in [9.17, 15) is 4.79 Å². The van der Waals surface area contributed by atoms with Crippen molar-refractivity contribution in [3.05, 3.63) is 17.7 Å². The van der Waals surface area contributed by atoms with E-state index in [1.165, 1.54) is 6.20 Å². The number of carbonyl (C=O) groups excluding carboxylic acids is 1. The number of hydrogen-bond donors (Lipinski definition) is 1. The van der Waals surface area contributed by atoms with Crippen LogP contribution in [-0.2, 0) is 4.74 Å². The van der Waals surface area contributed by atoms with E-state index < -0.39 is 0 Å². The minimum absolute atomic E-state index is 0.158. The summed E-state index contributed by atoms with van der Waals surface area (Å²) in [6.45, 7) is 5.17. The standard InChI is InChI=1S/C13H22N4O2/c1-9(2)12-15-8-10(14)11(16-12)13(18)17(3)6-5-7-19-4/h8-9H,5-7,14H2,1-4H3. The number of nitrogens with two attached hydrogens (primary N) is 1. The number of hydrogen-bond acceptors (Lipinski definition) is 5.